The van der Waals surface area contributed by atoms with Crippen LogP contribution in [-0.4, -0.2) is 12.6 Å². The molecule has 2 rings (SSSR count). The highest BCUT2D eigenvalue weighted by atomic mass is 16.5. The summed E-state index contributed by atoms with van der Waals surface area (Å²) in [4.78, 5) is 0. The fourth-order valence-electron chi connectivity index (χ4n) is 1.47. The van der Waals surface area contributed by atoms with E-state index in [1.54, 1.807) is 0 Å². The topological polar surface area (TPSA) is 21.3 Å². The molecule has 0 bridgehead atoms. The standard InChI is InChI=1S/C10H13NO/c1-7-4-3-5-9-10(7)11-6-8(2)12-9/h3-5,8,11H,6H2,1-2H3. The van der Waals surface area contributed by atoms with E-state index in [2.05, 4.69) is 25.2 Å². The zero-order valence-corrected chi connectivity index (χ0v) is 7.42. The van der Waals surface area contributed by atoms with Gasteiger partial charge >= 0.3 is 0 Å². The van der Waals surface area contributed by atoms with Crippen LogP contribution in [0, 0.1) is 6.92 Å². The van der Waals surface area contributed by atoms with Crippen LogP contribution in [0.5, 0.6) is 5.75 Å². The average molecular weight is 163 g/mol. The Balaban J connectivity index is 2.42. The van der Waals surface area contributed by atoms with Gasteiger partial charge in [0.2, 0.25) is 0 Å². The summed E-state index contributed by atoms with van der Waals surface area (Å²) in [6, 6.07) is 6.12. The molecular weight excluding hydrogens is 150 g/mol. The second-order valence-corrected chi connectivity index (χ2v) is 3.26. The van der Waals surface area contributed by atoms with Gasteiger partial charge in [-0.1, -0.05) is 12.1 Å². The molecule has 1 aromatic rings. The molecule has 0 saturated heterocycles. The predicted octanol–water partition coefficient (Wildman–Crippen LogP) is 2.19. The number of hydrogen-bond donors (Lipinski definition) is 1. The first-order valence-corrected chi connectivity index (χ1v) is 4.27. The van der Waals surface area contributed by atoms with E-state index < -0.39 is 0 Å². The van der Waals surface area contributed by atoms with Crippen LogP contribution in [0.15, 0.2) is 18.2 Å². The molecule has 1 atom stereocenters. The Morgan fingerprint density at radius 3 is 3.17 bits per heavy atom. The number of ether oxygens (including phenoxy) is 1. The van der Waals surface area contributed by atoms with E-state index in [1.807, 2.05) is 12.1 Å². The summed E-state index contributed by atoms with van der Waals surface area (Å²) in [6.45, 7) is 5.06. The summed E-state index contributed by atoms with van der Waals surface area (Å²) >= 11 is 0. The number of aryl methyl sites for hydroxylation is 1. The maximum atomic E-state index is 5.65. The molecule has 2 heteroatoms. The quantitative estimate of drug-likeness (QED) is 0.633. The van der Waals surface area contributed by atoms with Crippen molar-refractivity contribution in [2.24, 2.45) is 0 Å². The van der Waals surface area contributed by atoms with Crippen LogP contribution in [0.25, 0.3) is 0 Å². The molecule has 1 aromatic carbocycles. The second kappa shape index (κ2) is 2.70. The minimum absolute atomic E-state index is 0.277. The zero-order chi connectivity index (χ0) is 8.55. The van der Waals surface area contributed by atoms with Crippen LogP contribution in [0.4, 0.5) is 5.69 Å². The van der Waals surface area contributed by atoms with Gasteiger partial charge in [-0.2, -0.15) is 0 Å². The third-order valence-corrected chi connectivity index (χ3v) is 2.13. The zero-order valence-electron chi connectivity index (χ0n) is 7.42. The fourth-order valence-corrected chi connectivity index (χ4v) is 1.47. The Labute approximate surface area is 72.5 Å². The Hall–Kier alpha value is -1.18. The number of rotatable bonds is 0. The van der Waals surface area contributed by atoms with Crippen molar-refractivity contribution in [2.45, 2.75) is 20.0 Å². The summed E-state index contributed by atoms with van der Waals surface area (Å²) < 4.78 is 5.65. The Bertz CT molecular complexity index is 296. The van der Waals surface area contributed by atoms with Crippen molar-refractivity contribution in [1.82, 2.24) is 0 Å². The highest BCUT2D eigenvalue weighted by Gasteiger charge is 2.15. The van der Waals surface area contributed by atoms with E-state index in [-0.39, 0.29) is 6.10 Å². The second-order valence-electron chi connectivity index (χ2n) is 3.26. The van der Waals surface area contributed by atoms with E-state index in [0.717, 1.165) is 18.0 Å². The predicted molar refractivity (Wildman–Crippen MR) is 49.8 cm³/mol. The molecular formula is C10H13NO. The monoisotopic (exact) mass is 163 g/mol. The van der Waals surface area contributed by atoms with E-state index in [0.29, 0.717) is 0 Å². The van der Waals surface area contributed by atoms with Crippen LogP contribution in [0.2, 0.25) is 0 Å². The SMILES string of the molecule is Cc1cccc2c1NCC(C)O2. The molecule has 12 heavy (non-hydrogen) atoms. The smallest absolute Gasteiger partial charge is 0.143 e. The minimum Gasteiger partial charge on any atom is -0.487 e. The molecule has 0 aliphatic carbocycles. The molecule has 1 unspecified atom stereocenters. The van der Waals surface area contributed by atoms with Gasteiger partial charge in [0.25, 0.3) is 0 Å². The number of benzene rings is 1. The summed E-state index contributed by atoms with van der Waals surface area (Å²) in [5.74, 6) is 0.980. The van der Waals surface area contributed by atoms with Gasteiger partial charge in [-0.3, -0.25) is 0 Å². The first-order valence-electron chi connectivity index (χ1n) is 4.27. The first-order chi connectivity index (χ1) is 5.77. The molecule has 1 heterocycles. The van der Waals surface area contributed by atoms with Gasteiger partial charge in [0.15, 0.2) is 0 Å². The van der Waals surface area contributed by atoms with Gasteiger partial charge in [-0.15, -0.1) is 0 Å². The number of para-hydroxylation sites is 1. The van der Waals surface area contributed by atoms with Gasteiger partial charge in [0, 0.05) is 0 Å². The van der Waals surface area contributed by atoms with Crippen LogP contribution in [-0.2, 0) is 0 Å². The summed E-state index contributed by atoms with van der Waals surface area (Å²) in [6.07, 6.45) is 0.277. The van der Waals surface area contributed by atoms with Crippen molar-refractivity contribution in [1.29, 1.82) is 0 Å². The molecule has 2 nitrogen and oxygen atoms in total. The lowest BCUT2D eigenvalue weighted by Gasteiger charge is -2.25. The third kappa shape index (κ3) is 1.13. The number of fused-ring (bicyclic) bond motifs is 1. The van der Waals surface area contributed by atoms with E-state index in [1.165, 1.54) is 5.56 Å². The number of anilines is 1. The van der Waals surface area contributed by atoms with Crippen molar-refractivity contribution in [2.75, 3.05) is 11.9 Å². The van der Waals surface area contributed by atoms with Gasteiger partial charge in [0.05, 0.1) is 12.2 Å². The Morgan fingerprint density at radius 1 is 1.50 bits per heavy atom. The van der Waals surface area contributed by atoms with Crippen molar-refractivity contribution in [3.63, 3.8) is 0 Å². The third-order valence-electron chi connectivity index (χ3n) is 2.13. The number of nitrogens with one attached hydrogen (secondary N) is 1. The lowest BCUT2D eigenvalue weighted by atomic mass is 10.1. The molecule has 0 fully saturated rings. The average Bonchev–Trinajstić information content (AvgIpc) is 2.04. The molecule has 0 aromatic heterocycles. The summed E-state index contributed by atoms with van der Waals surface area (Å²) in [5.41, 5.74) is 2.40. The van der Waals surface area contributed by atoms with Crippen molar-refractivity contribution >= 4 is 5.69 Å². The van der Waals surface area contributed by atoms with Crippen molar-refractivity contribution in [3.05, 3.63) is 23.8 Å². The van der Waals surface area contributed by atoms with Crippen LogP contribution in [0.1, 0.15) is 12.5 Å². The van der Waals surface area contributed by atoms with Crippen LogP contribution >= 0.6 is 0 Å². The van der Waals surface area contributed by atoms with E-state index in [4.69, 9.17) is 4.74 Å². The normalized spacial score (nSPS) is 20.7. The molecule has 1 aliphatic heterocycles. The van der Waals surface area contributed by atoms with Crippen LogP contribution in [0.3, 0.4) is 0 Å². The largest absolute Gasteiger partial charge is 0.487 e. The highest BCUT2D eigenvalue weighted by molar-refractivity contribution is 5.62. The minimum atomic E-state index is 0.277. The fraction of sp³-hybridized carbons (Fsp3) is 0.400. The lowest BCUT2D eigenvalue weighted by Crippen LogP contribution is -2.28. The lowest BCUT2D eigenvalue weighted by molar-refractivity contribution is 0.226. The molecule has 1 aliphatic rings. The number of hydrogen-bond acceptors (Lipinski definition) is 2. The summed E-state index contributed by atoms with van der Waals surface area (Å²) in [5, 5.41) is 3.36. The summed E-state index contributed by atoms with van der Waals surface area (Å²) in [7, 11) is 0. The van der Waals surface area contributed by atoms with Gasteiger partial charge in [-0.25, -0.2) is 0 Å². The Morgan fingerprint density at radius 2 is 2.33 bits per heavy atom. The first kappa shape index (κ1) is 7.47. The maximum absolute atomic E-state index is 5.65. The molecule has 0 saturated carbocycles. The molecule has 0 radical (unpaired) electrons. The molecule has 1 N–H and O–H groups in total. The Kier molecular flexibility index (Phi) is 1.68. The molecule has 64 valence electrons. The van der Waals surface area contributed by atoms with Crippen molar-refractivity contribution in [3.8, 4) is 5.75 Å². The highest BCUT2D eigenvalue weighted by Crippen LogP contribution is 2.31. The molecule has 0 spiro atoms. The maximum Gasteiger partial charge on any atom is 0.143 e. The van der Waals surface area contributed by atoms with Gasteiger partial charge in [-0.05, 0) is 25.5 Å². The van der Waals surface area contributed by atoms with E-state index in [9.17, 15) is 0 Å². The van der Waals surface area contributed by atoms with Gasteiger partial charge in [0.1, 0.15) is 11.9 Å². The molecule has 0 amide bonds. The van der Waals surface area contributed by atoms with Crippen molar-refractivity contribution < 1.29 is 4.74 Å². The van der Waals surface area contributed by atoms with E-state index >= 15 is 0 Å². The van der Waals surface area contributed by atoms with Gasteiger partial charge < -0.3 is 10.1 Å². The van der Waals surface area contributed by atoms with Crippen LogP contribution < -0.4 is 10.1 Å².